The molecule has 2 aliphatic heterocycles. The molecule has 2 amide bonds. The van der Waals surface area contributed by atoms with Gasteiger partial charge in [0.25, 0.3) is 0 Å². The first-order valence-corrected chi connectivity index (χ1v) is 9.71. The van der Waals surface area contributed by atoms with Gasteiger partial charge in [-0.05, 0) is 50.5 Å². The van der Waals surface area contributed by atoms with Gasteiger partial charge >= 0.3 is 11.7 Å². The molecular formula is C19H25FN6O2. The molecule has 0 saturated carbocycles. The van der Waals surface area contributed by atoms with E-state index in [0.717, 1.165) is 25.2 Å². The summed E-state index contributed by atoms with van der Waals surface area (Å²) >= 11 is 0. The van der Waals surface area contributed by atoms with Gasteiger partial charge in [0.1, 0.15) is 11.6 Å². The van der Waals surface area contributed by atoms with Crippen LogP contribution in [-0.4, -0.2) is 57.9 Å². The number of aryl methyl sites for hydroxylation is 1. The Labute approximate surface area is 162 Å². The summed E-state index contributed by atoms with van der Waals surface area (Å²) in [5.41, 5.74) is 0.783. The Bertz CT molecular complexity index is 885. The van der Waals surface area contributed by atoms with Gasteiger partial charge in [0.15, 0.2) is 0 Å². The van der Waals surface area contributed by atoms with E-state index in [-0.39, 0.29) is 29.6 Å². The maximum atomic E-state index is 13.1. The highest BCUT2D eigenvalue weighted by Crippen LogP contribution is 2.22. The Kier molecular flexibility index (Phi) is 5.06. The number of hydrogen-bond acceptors (Lipinski definition) is 4. The van der Waals surface area contributed by atoms with Gasteiger partial charge in [0, 0.05) is 37.9 Å². The molecule has 1 unspecified atom stereocenters. The van der Waals surface area contributed by atoms with E-state index in [0.29, 0.717) is 31.8 Å². The molecule has 1 atom stereocenters. The number of carbonyl (C=O) groups excluding carboxylic acids is 1. The number of halogens is 1. The molecule has 0 aliphatic carbocycles. The van der Waals surface area contributed by atoms with Crippen LogP contribution in [0.3, 0.4) is 0 Å². The minimum absolute atomic E-state index is 0.0296. The number of rotatable bonds is 3. The van der Waals surface area contributed by atoms with E-state index < -0.39 is 0 Å². The van der Waals surface area contributed by atoms with Crippen molar-refractivity contribution in [3.05, 3.63) is 46.4 Å². The number of H-pyrrole nitrogens is 1. The fourth-order valence-corrected chi connectivity index (χ4v) is 4.04. The van der Waals surface area contributed by atoms with Gasteiger partial charge in [-0.2, -0.15) is 5.10 Å². The van der Waals surface area contributed by atoms with Gasteiger partial charge in [-0.15, -0.1) is 0 Å². The highest BCUT2D eigenvalue weighted by molar-refractivity contribution is 5.74. The number of likely N-dealkylation sites (tertiary alicyclic amines) is 1. The van der Waals surface area contributed by atoms with Crippen molar-refractivity contribution in [3.8, 4) is 0 Å². The normalized spacial score (nSPS) is 20.6. The van der Waals surface area contributed by atoms with Crippen molar-refractivity contribution >= 4 is 11.7 Å². The highest BCUT2D eigenvalue weighted by atomic mass is 19.1. The second-order valence-corrected chi connectivity index (χ2v) is 7.54. The van der Waals surface area contributed by atoms with Crippen LogP contribution in [0, 0.1) is 12.7 Å². The minimum atomic E-state index is -0.247. The first kappa shape index (κ1) is 18.5. The van der Waals surface area contributed by atoms with Gasteiger partial charge in [-0.1, -0.05) is 0 Å². The minimum Gasteiger partial charge on any atom is -0.369 e. The van der Waals surface area contributed by atoms with Gasteiger partial charge in [0.2, 0.25) is 0 Å². The number of nitrogens with one attached hydrogen (secondary N) is 2. The summed E-state index contributed by atoms with van der Waals surface area (Å²) in [6.07, 6.45) is 2.29. The van der Waals surface area contributed by atoms with Crippen LogP contribution in [0.5, 0.6) is 0 Å². The number of amides is 2. The van der Waals surface area contributed by atoms with Gasteiger partial charge in [0.05, 0.1) is 6.04 Å². The topological polar surface area (TPSA) is 86.3 Å². The summed E-state index contributed by atoms with van der Waals surface area (Å²) in [5.74, 6) is 0.362. The van der Waals surface area contributed by atoms with Crippen LogP contribution in [0.4, 0.5) is 14.9 Å². The number of piperidine rings is 1. The summed E-state index contributed by atoms with van der Waals surface area (Å²) in [4.78, 5) is 31.1. The van der Waals surface area contributed by atoms with Gasteiger partial charge in [-0.3, -0.25) is 4.98 Å². The average Bonchev–Trinajstić information content (AvgIpc) is 3.28. The molecule has 9 heteroatoms. The number of urea groups is 1. The van der Waals surface area contributed by atoms with E-state index in [4.69, 9.17) is 0 Å². The predicted octanol–water partition coefficient (Wildman–Crippen LogP) is 1.64. The van der Waals surface area contributed by atoms with Crippen LogP contribution in [0.2, 0.25) is 0 Å². The van der Waals surface area contributed by atoms with E-state index in [9.17, 15) is 14.0 Å². The third-order valence-corrected chi connectivity index (χ3v) is 5.56. The Hall–Kier alpha value is -2.84. The number of aromatic nitrogens is 3. The molecule has 150 valence electrons. The van der Waals surface area contributed by atoms with Crippen LogP contribution in [-0.2, 0) is 0 Å². The smallest absolute Gasteiger partial charge is 0.343 e. The number of benzene rings is 1. The first-order chi connectivity index (χ1) is 13.5. The predicted molar refractivity (Wildman–Crippen MR) is 103 cm³/mol. The number of aromatic amines is 1. The third-order valence-electron chi connectivity index (χ3n) is 5.56. The first-order valence-electron chi connectivity index (χ1n) is 9.71. The summed E-state index contributed by atoms with van der Waals surface area (Å²) in [7, 11) is 0. The molecule has 0 spiro atoms. The highest BCUT2D eigenvalue weighted by Gasteiger charge is 2.29. The maximum Gasteiger partial charge on any atom is 0.343 e. The van der Waals surface area contributed by atoms with Crippen molar-refractivity contribution in [2.45, 2.75) is 38.3 Å². The third kappa shape index (κ3) is 3.88. The quantitative estimate of drug-likeness (QED) is 0.837. The Morgan fingerprint density at radius 1 is 1.18 bits per heavy atom. The summed E-state index contributed by atoms with van der Waals surface area (Å²) < 4.78 is 14.6. The molecule has 2 saturated heterocycles. The molecule has 2 N–H and O–H groups in total. The molecule has 2 aliphatic rings. The van der Waals surface area contributed by atoms with E-state index in [1.54, 1.807) is 19.1 Å². The monoisotopic (exact) mass is 388 g/mol. The lowest BCUT2D eigenvalue weighted by Crippen LogP contribution is -2.49. The lowest BCUT2D eigenvalue weighted by molar-refractivity contribution is 0.165. The Morgan fingerprint density at radius 3 is 2.54 bits per heavy atom. The largest absolute Gasteiger partial charge is 0.369 e. The Balaban J connectivity index is 1.27. The molecule has 2 aromatic rings. The van der Waals surface area contributed by atoms with Crippen LogP contribution < -0.4 is 15.9 Å². The zero-order chi connectivity index (χ0) is 19.7. The van der Waals surface area contributed by atoms with Crippen molar-refractivity contribution < 1.29 is 9.18 Å². The van der Waals surface area contributed by atoms with E-state index >= 15 is 0 Å². The van der Waals surface area contributed by atoms with E-state index in [1.165, 1.54) is 16.8 Å². The molecule has 1 aromatic carbocycles. The zero-order valence-electron chi connectivity index (χ0n) is 15.9. The number of hydrogen-bond donors (Lipinski definition) is 2. The zero-order valence-corrected chi connectivity index (χ0v) is 15.9. The van der Waals surface area contributed by atoms with Gasteiger partial charge < -0.3 is 15.1 Å². The summed E-state index contributed by atoms with van der Waals surface area (Å²) in [5, 5.41) is 7.34. The second kappa shape index (κ2) is 7.65. The molecule has 0 radical (unpaired) electrons. The molecule has 1 aromatic heterocycles. The van der Waals surface area contributed by atoms with Crippen LogP contribution in [0.15, 0.2) is 29.1 Å². The Morgan fingerprint density at radius 2 is 1.89 bits per heavy atom. The fraction of sp³-hybridized carbons (Fsp3) is 0.526. The van der Waals surface area contributed by atoms with Crippen LogP contribution in [0.25, 0.3) is 0 Å². The second-order valence-electron chi connectivity index (χ2n) is 7.54. The molecule has 0 bridgehead atoms. The average molecular weight is 388 g/mol. The number of anilines is 1. The molecule has 3 heterocycles. The summed E-state index contributed by atoms with van der Waals surface area (Å²) in [6.45, 7) is 4.51. The molecular weight excluding hydrogens is 363 g/mol. The van der Waals surface area contributed by atoms with Gasteiger partial charge in [-0.25, -0.2) is 18.7 Å². The molecule has 8 nitrogen and oxygen atoms in total. The molecule has 28 heavy (non-hydrogen) atoms. The van der Waals surface area contributed by atoms with E-state index in [1.807, 2.05) is 4.90 Å². The molecule has 4 rings (SSSR count). The number of nitrogens with zero attached hydrogens (tertiary/aromatic N) is 4. The van der Waals surface area contributed by atoms with Crippen LogP contribution in [0.1, 0.15) is 31.1 Å². The SMILES string of the molecule is Cc1nn(C2CCN(C(=O)NC3CCN(c4ccc(F)cc4)C3)CC2)c(=O)[nH]1. The van der Waals surface area contributed by atoms with Crippen molar-refractivity contribution in [1.29, 1.82) is 0 Å². The van der Waals surface area contributed by atoms with Crippen molar-refractivity contribution in [2.24, 2.45) is 0 Å². The van der Waals surface area contributed by atoms with Crippen LogP contribution >= 0.6 is 0 Å². The summed E-state index contributed by atoms with van der Waals surface area (Å²) in [6, 6.07) is 6.49. The van der Waals surface area contributed by atoms with Crippen molar-refractivity contribution in [1.82, 2.24) is 25.0 Å². The molecule has 2 fully saturated rings. The van der Waals surface area contributed by atoms with Crippen molar-refractivity contribution in [2.75, 3.05) is 31.1 Å². The lowest BCUT2D eigenvalue weighted by atomic mass is 10.1. The fourth-order valence-electron chi connectivity index (χ4n) is 4.04. The van der Waals surface area contributed by atoms with E-state index in [2.05, 4.69) is 20.3 Å². The van der Waals surface area contributed by atoms with Crippen molar-refractivity contribution in [3.63, 3.8) is 0 Å². The number of carbonyl (C=O) groups is 1. The standard InChI is InChI=1S/C19H25FN6O2/c1-13-21-19(28)26(23-13)17-7-10-24(11-8-17)18(27)22-15-6-9-25(12-15)16-4-2-14(20)3-5-16/h2-5,15,17H,6-12H2,1H3,(H,22,27)(H,21,23,28). The lowest BCUT2D eigenvalue weighted by Gasteiger charge is -2.32. The maximum absolute atomic E-state index is 13.1.